The molecule has 0 saturated carbocycles. The molecule has 3 atom stereocenters. The van der Waals surface area contributed by atoms with Gasteiger partial charge in [-0.3, -0.25) is 13.8 Å². The standard InChI is InChI=1S/C56H107N2O6P/c1-6-8-10-12-14-16-18-20-22-23-24-25-26-27-28-29-30-31-32-33-34-35-36-37-39-41-43-45-47-49-55(59)54(53-64-65(61,62)63-52-51-58(3,4)5)57-56(60)50-48-46-44-42-40-38-21-19-17-15-13-11-9-7-2/h13,15,19,21,39,41,47,49,54-55,59H,6-12,14,16-18,20,22-38,40,42-46,48,50-53H2,1-5H3,(H-,57,60,61,62)/p+1/b15-13-,21-19-,41-39+,49-47+. The van der Waals surface area contributed by atoms with Gasteiger partial charge in [-0.25, -0.2) is 4.57 Å². The van der Waals surface area contributed by atoms with Gasteiger partial charge in [0.25, 0.3) is 0 Å². The van der Waals surface area contributed by atoms with Gasteiger partial charge in [0.1, 0.15) is 13.2 Å². The van der Waals surface area contributed by atoms with Gasteiger partial charge < -0.3 is 19.8 Å². The summed E-state index contributed by atoms with van der Waals surface area (Å²) in [6.45, 7) is 4.76. The molecule has 0 saturated heterocycles. The van der Waals surface area contributed by atoms with Crippen LogP contribution in [0.15, 0.2) is 48.6 Å². The van der Waals surface area contributed by atoms with Crippen molar-refractivity contribution < 1.29 is 32.9 Å². The van der Waals surface area contributed by atoms with Crippen molar-refractivity contribution in [2.24, 2.45) is 0 Å². The lowest BCUT2D eigenvalue weighted by molar-refractivity contribution is -0.870. The van der Waals surface area contributed by atoms with Gasteiger partial charge in [-0.05, 0) is 57.8 Å². The summed E-state index contributed by atoms with van der Waals surface area (Å²) in [5.41, 5.74) is 0. The molecule has 0 heterocycles. The van der Waals surface area contributed by atoms with Crippen molar-refractivity contribution in [3.05, 3.63) is 48.6 Å². The predicted octanol–water partition coefficient (Wildman–Crippen LogP) is 16.4. The van der Waals surface area contributed by atoms with E-state index in [2.05, 4.69) is 55.6 Å². The molecule has 0 spiro atoms. The molecule has 0 aromatic rings. The molecule has 0 fully saturated rings. The third kappa shape index (κ3) is 50.2. The number of quaternary nitrogens is 1. The summed E-state index contributed by atoms with van der Waals surface area (Å²) in [7, 11) is 1.54. The lowest BCUT2D eigenvalue weighted by Crippen LogP contribution is -2.45. The van der Waals surface area contributed by atoms with E-state index in [-0.39, 0.29) is 19.1 Å². The van der Waals surface area contributed by atoms with Gasteiger partial charge in [-0.15, -0.1) is 0 Å². The van der Waals surface area contributed by atoms with Crippen molar-refractivity contribution in [2.75, 3.05) is 40.9 Å². The average Bonchev–Trinajstić information content (AvgIpc) is 3.26. The van der Waals surface area contributed by atoms with Gasteiger partial charge in [-0.2, -0.15) is 0 Å². The zero-order valence-electron chi connectivity index (χ0n) is 43.5. The highest BCUT2D eigenvalue weighted by atomic mass is 31.2. The summed E-state index contributed by atoms with van der Waals surface area (Å²) < 4.78 is 23.6. The smallest absolute Gasteiger partial charge is 0.387 e. The Morgan fingerprint density at radius 2 is 0.908 bits per heavy atom. The van der Waals surface area contributed by atoms with Crippen LogP contribution in [-0.2, 0) is 18.4 Å². The quantitative estimate of drug-likeness (QED) is 0.0243. The maximum atomic E-state index is 12.9. The second-order valence-corrected chi connectivity index (χ2v) is 21.4. The molecular weight excluding hydrogens is 828 g/mol. The molecule has 0 aromatic carbocycles. The van der Waals surface area contributed by atoms with Crippen LogP contribution in [0.25, 0.3) is 0 Å². The van der Waals surface area contributed by atoms with Crippen LogP contribution in [0, 0.1) is 0 Å². The Balaban J connectivity index is 4.20. The van der Waals surface area contributed by atoms with Gasteiger partial charge in [0, 0.05) is 6.42 Å². The van der Waals surface area contributed by atoms with Crippen molar-refractivity contribution in [3.63, 3.8) is 0 Å². The van der Waals surface area contributed by atoms with Crippen LogP contribution in [0.1, 0.15) is 251 Å². The van der Waals surface area contributed by atoms with E-state index in [1.807, 2.05) is 27.2 Å². The van der Waals surface area contributed by atoms with Crippen molar-refractivity contribution in [1.29, 1.82) is 0 Å². The maximum absolute atomic E-state index is 12.9. The van der Waals surface area contributed by atoms with Gasteiger partial charge in [-0.1, -0.05) is 236 Å². The number of rotatable bonds is 50. The number of nitrogens with zero attached hydrogens (tertiary/aromatic N) is 1. The highest BCUT2D eigenvalue weighted by Crippen LogP contribution is 2.43. The zero-order valence-corrected chi connectivity index (χ0v) is 44.4. The number of aliphatic hydroxyl groups excluding tert-OH is 1. The molecule has 8 nitrogen and oxygen atoms in total. The summed E-state index contributed by atoms with van der Waals surface area (Å²) in [4.78, 5) is 23.2. The van der Waals surface area contributed by atoms with E-state index in [9.17, 15) is 19.4 Å². The summed E-state index contributed by atoms with van der Waals surface area (Å²) >= 11 is 0. The summed E-state index contributed by atoms with van der Waals surface area (Å²) in [5.74, 6) is -0.201. The Kier molecular flexibility index (Phi) is 46.4. The highest BCUT2D eigenvalue weighted by molar-refractivity contribution is 7.47. The van der Waals surface area contributed by atoms with E-state index >= 15 is 0 Å². The minimum absolute atomic E-state index is 0.0523. The number of carbonyl (C=O) groups excluding carboxylic acids is 1. The average molecular weight is 936 g/mol. The first-order valence-electron chi connectivity index (χ1n) is 27.5. The fourth-order valence-electron chi connectivity index (χ4n) is 7.90. The lowest BCUT2D eigenvalue weighted by Gasteiger charge is -2.25. The number of likely N-dealkylation sites (N-methyl/N-ethyl adjacent to an activating group) is 1. The normalized spacial score (nSPS) is 14.4. The summed E-state index contributed by atoms with van der Waals surface area (Å²) in [6, 6.07) is -0.871. The number of hydrogen-bond donors (Lipinski definition) is 3. The second-order valence-electron chi connectivity index (χ2n) is 19.9. The molecule has 0 bridgehead atoms. The summed E-state index contributed by atoms with van der Waals surface area (Å²) in [5, 5.41) is 13.9. The number of nitrogens with one attached hydrogen (secondary N) is 1. The lowest BCUT2D eigenvalue weighted by atomic mass is 10.0. The predicted molar refractivity (Wildman–Crippen MR) is 281 cm³/mol. The van der Waals surface area contributed by atoms with E-state index in [0.29, 0.717) is 17.4 Å². The molecule has 0 radical (unpaired) electrons. The molecule has 0 rings (SSSR count). The van der Waals surface area contributed by atoms with Crippen LogP contribution in [-0.4, -0.2) is 73.4 Å². The van der Waals surface area contributed by atoms with E-state index in [0.717, 1.165) is 64.2 Å². The Labute approximate surface area is 403 Å². The molecular formula is C56H108N2O6P+. The van der Waals surface area contributed by atoms with E-state index in [4.69, 9.17) is 9.05 Å². The van der Waals surface area contributed by atoms with E-state index < -0.39 is 20.0 Å². The fraction of sp³-hybridized carbons (Fsp3) is 0.839. The van der Waals surface area contributed by atoms with Crippen LogP contribution in [0.5, 0.6) is 0 Å². The molecule has 0 aliphatic rings. The first-order chi connectivity index (χ1) is 31.5. The van der Waals surface area contributed by atoms with Crippen molar-refractivity contribution in [2.45, 2.75) is 264 Å². The van der Waals surface area contributed by atoms with E-state index in [1.54, 1.807) is 6.08 Å². The third-order valence-corrected chi connectivity index (χ3v) is 13.3. The van der Waals surface area contributed by atoms with Crippen molar-refractivity contribution in [3.8, 4) is 0 Å². The number of carbonyl (C=O) groups is 1. The highest BCUT2D eigenvalue weighted by Gasteiger charge is 2.27. The van der Waals surface area contributed by atoms with Crippen LogP contribution >= 0.6 is 7.82 Å². The first kappa shape index (κ1) is 63.5. The monoisotopic (exact) mass is 936 g/mol. The van der Waals surface area contributed by atoms with Crippen LogP contribution < -0.4 is 5.32 Å². The number of phosphoric acid groups is 1. The number of allylic oxidation sites excluding steroid dienone is 7. The number of phosphoric ester groups is 1. The Morgan fingerprint density at radius 1 is 0.523 bits per heavy atom. The second kappa shape index (κ2) is 47.5. The van der Waals surface area contributed by atoms with Gasteiger partial charge >= 0.3 is 7.82 Å². The SMILES string of the molecule is CCCC/C=C\C/C=C\CCCCCCCC(=O)NC(COP(=O)(O)OCC[N+](C)(C)C)C(O)/C=C/CC/C=C/CCCCCCCCCCCCCCCCCCCCCCCCC. The Morgan fingerprint density at radius 3 is 1.37 bits per heavy atom. The molecule has 0 aliphatic carbocycles. The third-order valence-electron chi connectivity index (χ3n) is 12.3. The molecule has 0 aromatic heterocycles. The maximum Gasteiger partial charge on any atom is 0.472 e. The van der Waals surface area contributed by atoms with Crippen LogP contribution in [0.3, 0.4) is 0 Å². The Hall–Kier alpha value is -1.54. The van der Waals surface area contributed by atoms with Gasteiger partial charge in [0.15, 0.2) is 0 Å². The largest absolute Gasteiger partial charge is 0.472 e. The number of amides is 1. The number of unbranched alkanes of at least 4 members (excludes halogenated alkanes) is 31. The molecule has 9 heteroatoms. The van der Waals surface area contributed by atoms with Gasteiger partial charge in [0.2, 0.25) is 5.91 Å². The Bertz CT molecular complexity index is 1200. The molecule has 3 unspecified atom stereocenters. The van der Waals surface area contributed by atoms with Crippen molar-refractivity contribution in [1.82, 2.24) is 5.32 Å². The zero-order chi connectivity index (χ0) is 47.8. The van der Waals surface area contributed by atoms with Gasteiger partial charge in [0.05, 0.1) is 39.9 Å². The first-order valence-corrected chi connectivity index (χ1v) is 29.0. The van der Waals surface area contributed by atoms with Crippen LogP contribution in [0.2, 0.25) is 0 Å². The van der Waals surface area contributed by atoms with E-state index in [1.165, 1.54) is 167 Å². The van der Waals surface area contributed by atoms with Crippen molar-refractivity contribution >= 4 is 13.7 Å². The molecule has 382 valence electrons. The molecule has 1 amide bonds. The molecule has 3 N–H and O–H groups in total. The minimum Gasteiger partial charge on any atom is -0.387 e. The number of hydrogen-bond acceptors (Lipinski definition) is 5. The fourth-order valence-corrected chi connectivity index (χ4v) is 8.63. The van der Waals surface area contributed by atoms with Crippen LogP contribution in [0.4, 0.5) is 0 Å². The molecule has 65 heavy (non-hydrogen) atoms. The summed E-state index contributed by atoms with van der Waals surface area (Å²) in [6.07, 6.45) is 62.2. The topological polar surface area (TPSA) is 105 Å². The number of aliphatic hydroxyl groups is 1. The minimum atomic E-state index is -4.36. The molecule has 0 aliphatic heterocycles.